The van der Waals surface area contributed by atoms with Crippen molar-refractivity contribution in [3.63, 3.8) is 0 Å². The van der Waals surface area contributed by atoms with Crippen molar-refractivity contribution in [3.8, 4) is 0 Å². The van der Waals surface area contributed by atoms with Gasteiger partial charge in [-0.3, -0.25) is 9.69 Å². The Morgan fingerprint density at radius 1 is 1.25 bits per heavy atom. The Kier molecular flexibility index (Phi) is 3.91. The fourth-order valence-corrected chi connectivity index (χ4v) is 6.53. The fraction of sp³-hybridized carbons (Fsp3) is 0.429. The number of sulfonamides is 1. The average molecular weight is 387 g/mol. The second kappa shape index (κ2) is 5.83. The van der Waals surface area contributed by atoms with E-state index in [1.807, 2.05) is 0 Å². The molecule has 1 saturated heterocycles. The highest BCUT2D eigenvalue weighted by Gasteiger charge is 2.43. The zero-order valence-corrected chi connectivity index (χ0v) is 15.0. The van der Waals surface area contributed by atoms with Gasteiger partial charge in [0.2, 0.25) is 5.91 Å². The fourth-order valence-electron chi connectivity index (χ4n) is 3.27. The first-order chi connectivity index (χ1) is 11.5. The molecule has 0 aromatic carbocycles. The van der Waals surface area contributed by atoms with Crippen molar-refractivity contribution < 1.29 is 13.2 Å². The molecule has 0 N–H and O–H groups in total. The van der Waals surface area contributed by atoms with Gasteiger partial charge in [-0.25, -0.2) is 13.1 Å². The Labute approximate surface area is 148 Å². The van der Waals surface area contributed by atoms with Gasteiger partial charge in [-0.15, -0.1) is 11.3 Å². The average Bonchev–Trinajstić information content (AvgIpc) is 3.30. The van der Waals surface area contributed by atoms with E-state index in [1.54, 1.807) is 27.9 Å². The third-order valence-corrected chi connectivity index (χ3v) is 7.98. The van der Waals surface area contributed by atoms with Crippen LogP contribution in [-0.4, -0.2) is 47.5 Å². The maximum Gasteiger partial charge on any atom is 0.253 e. The van der Waals surface area contributed by atoms with Gasteiger partial charge in [-0.05, 0) is 25.0 Å². The molecule has 2 aliphatic rings. The lowest BCUT2D eigenvalue weighted by atomic mass is 10.2. The van der Waals surface area contributed by atoms with Crippen LogP contribution >= 0.6 is 22.9 Å². The summed E-state index contributed by atoms with van der Waals surface area (Å²) >= 11 is 6.88. The van der Waals surface area contributed by atoms with E-state index in [9.17, 15) is 13.2 Å². The number of rotatable bonds is 3. The molecule has 24 heavy (non-hydrogen) atoms. The molecule has 7 nitrogen and oxygen atoms in total. The van der Waals surface area contributed by atoms with Crippen molar-refractivity contribution in [2.45, 2.75) is 29.6 Å². The highest BCUT2D eigenvalue weighted by molar-refractivity contribution is 7.91. The molecule has 1 fully saturated rings. The number of hydrogen-bond donors (Lipinski definition) is 0. The summed E-state index contributed by atoms with van der Waals surface area (Å²) in [6, 6.07) is 4.16. The van der Waals surface area contributed by atoms with Crippen LogP contribution in [-0.2, 0) is 21.4 Å². The molecule has 1 amide bonds. The van der Waals surface area contributed by atoms with Gasteiger partial charge in [0.1, 0.15) is 16.1 Å². The quantitative estimate of drug-likeness (QED) is 0.806. The molecule has 4 rings (SSSR count). The first-order valence-corrected chi connectivity index (χ1v) is 10.2. The molecular weight excluding hydrogens is 372 g/mol. The summed E-state index contributed by atoms with van der Waals surface area (Å²) in [5, 5.41) is 4.15. The Morgan fingerprint density at radius 3 is 2.83 bits per heavy atom. The Balaban J connectivity index is 1.63. The lowest BCUT2D eigenvalue weighted by Crippen LogP contribution is -2.47. The number of fused-ring (bicyclic) bond motifs is 1. The van der Waals surface area contributed by atoms with Gasteiger partial charge in [0.25, 0.3) is 10.0 Å². The number of halogens is 1. The number of thiophene rings is 1. The van der Waals surface area contributed by atoms with Gasteiger partial charge in [0.15, 0.2) is 0 Å². The maximum atomic E-state index is 13.0. The Hall–Kier alpha value is -1.42. The molecule has 2 aromatic rings. The zero-order chi connectivity index (χ0) is 16.9. The second-order valence-corrected chi connectivity index (χ2v) is 9.57. The van der Waals surface area contributed by atoms with Gasteiger partial charge in [0.05, 0.1) is 17.1 Å². The van der Waals surface area contributed by atoms with Gasteiger partial charge in [-0.2, -0.15) is 9.40 Å². The van der Waals surface area contributed by atoms with Gasteiger partial charge in [0, 0.05) is 19.2 Å². The van der Waals surface area contributed by atoms with E-state index in [2.05, 4.69) is 5.10 Å². The largest absolute Gasteiger partial charge is 0.294 e. The van der Waals surface area contributed by atoms with Crippen molar-refractivity contribution in [1.82, 2.24) is 14.1 Å². The predicted octanol–water partition coefficient (Wildman–Crippen LogP) is 1.80. The molecule has 1 unspecified atom stereocenters. The van der Waals surface area contributed by atoms with Crippen LogP contribution in [0.1, 0.15) is 12.8 Å². The first-order valence-electron chi connectivity index (χ1n) is 7.59. The third kappa shape index (κ3) is 2.46. The molecule has 128 valence electrons. The van der Waals surface area contributed by atoms with Crippen molar-refractivity contribution in [1.29, 1.82) is 0 Å². The van der Waals surface area contributed by atoms with Crippen LogP contribution in [0, 0.1) is 0 Å². The molecule has 10 heteroatoms. The van der Waals surface area contributed by atoms with E-state index in [-0.39, 0.29) is 10.1 Å². The number of hydrogen-bond acceptors (Lipinski definition) is 5. The smallest absolute Gasteiger partial charge is 0.253 e. The molecule has 1 atom stereocenters. The van der Waals surface area contributed by atoms with E-state index in [4.69, 9.17) is 11.6 Å². The highest BCUT2D eigenvalue weighted by Crippen LogP contribution is 2.33. The zero-order valence-electron chi connectivity index (χ0n) is 12.6. The minimum atomic E-state index is -3.71. The highest BCUT2D eigenvalue weighted by atomic mass is 35.5. The molecular formula is C14H15ClN4O3S2. The van der Waals surface area contributed by atoms with Gasteiger partial charge < -0.3 is 0 Å². The summed E-state index contributed by atoms with van der Waals surface area (Å²) < 4.78 is 29.4. The van der Waals surface area contributed by atoms with Crippen LogP contribution in [0.2, 0.25) is 4.34 Å². The number of carbonyl (C=O) groups excluding carboxylic acids is 1. The lowest BCUT2D eigenvalue weighted by molar-refractivity contribution is -0.121. The number of aromatic nitrogens is 2. The van der Waals surface area contributed by atoms with Crippen LogP contribution in [0.3, 0.4) is 0 Å². The first kappa shape index (κ1) is 16.1. The summed E-state index contributed by atoms with van der Waals surface area (Å²) in [5.41, 5.74) is 0. The van der Waals surface area contributed by atoms with E-state index >= 15 is 0 Å². The standard InChI is InChI=1S/C14H15ClN4O3S2/c15-11-3-4-13(23-11)24(21,22)19-7-1-2-10(19)14(20)17-8-9-18-12(17)5-6-16-18/h3-6,10H,1-2,7-9H2. The minimum absolute atomic E-state index is 0.179. The van der Waals surface area contributed by atoms with E-state index < -0.39 is 16.1 Å². The van der Waals surface area contributed by atoms with Gasteiger partial charge >= 0.3 is 0 Å². The Bertz CT molecular complexity index is 891. The van der Waals surface area contributed by atoms with Crippen LogP contribution in [0.4, 0.5) is 5.82 Å². The molecule has 2 aliphatic heterocycles. The van der Waals surface area contributed by atoms with Crippen molar-refractivity contribution in [2.75, 3.05) is 18.0 Å². The monoisotopic (exact) mass is 386 g/mol. The lowest BCUT2D eigenvalue weighted by Gasteiger charge is -2.26. The molecule has 0 bridgehead atoms. The van der Waals surface area contributed by atoms with E-state index in [1.165, 1.54) is 10.4 Å². The topological polar surface area (TPSA) is 75.5 Å². The molecule has 0 radical (unpaired) electrons. The molecule has 0 spiro atoms. The summed E-state index contributed by atoms with van der Waals surface area (Å²) in [6.45, 7) is 1.51. The normalized spacial score (nSPS) is 21.4. The molecule has 0 saturated carbocycles. The molecule has 4 heterocycles. The minimum Gasteiger partial charge on any atom is -0.294 e. The van der Waals surface area contributed by atoms with Crippen LogP contribution in [0.25, 0.3) is 0 Å². The number of anilines is 1. The van der Waals surface area contributed by atoms with Crippen LogP contribution in [0.15, 0.2) is 28.6 Å². The van der Waals surface area contributed by atoms with Crippen molar-refractivity contribution >= 4 is 44.7 Å². The predicted molar refractivity (Wildman–Crippen MR) is 90.8 cm³/mol. The summed E-state index contributed by atoms with van der Waals surface area (Å²) in [5.74, 6) is 0.543. The Morgan fingerprint density at radius 2 is 2.08 bits per heavy atom. The maximum absolute atomic E-state index is 13.0. The molecule has 2 aromatic heterocycles. The number of amides is 1. The van der Waals surface area contributed by atoms with Crippen LogP contribution < -0.4 is 4.90 Å². The van der Waals surface area contributed by atoms with Crippen LogP contribution in [0.5, 0.6) is 0 Å². The summed E-state index contributed by atoms with van der Waals surface area (Å²) in [7, 11) is -3.71. The summed E-state index contributed by atoms with van der Waals surface area (Å²) in [4.78, 5) is 14.6. The second-order valence-electron chi connectivity index (χ2n) is 5.73. The van der Waals surface area contributed by atoms with E-state index in [0.717, 1.165) is 17.2 Å². The molecule has 0 aliphatic carbocycles. The summed E-state index contributed by atoms with van der Waals surface area (Å²) in [6.07, 6.45) is 2.84. The third-order valence-electron chi connectivity index (χ3n) is 4.37. The van der Waals surface area contributed by atoms with Crippen molar-refractivity contribution in [3.05, 3.63) is 28.7 Å². The van der Waals surface area contributed by atoms with E-state index in [0.29, 0.717) is 36.8 Å². The number of nitrogens with zero attached hydrogens (tertiary/aromatic N) is 4. The van der Waals surface area contributed by atoms with Gasteiger partial charge in [-0.1, -0.05) is 11.6 Å². The van der Waals surface area contributed by atoms with Crippen molar-refractivity contribution in [2.24, 2.45) is 0 Å². The number of carbonyl (C=O) groups is 1. The SMILES string of the molecule is O=C(C1CCCN1S(=O)(=O)c1ccc(Cl)s1)N1CCn2nccc21.